The van der Waals surface area contributed by atoms with Crippen LogP contribution in [0.5, 0.6) is 5.75 Å². The second-order valence-corrected chi connectivity index (χ2v) is 9.02. The number of rotatable bonds is 5. The summed E-state index contributed by atoms with van der Waals surface area (Å²) in [6.07, 6.45) is -0.554. The number of aromatic nitrogens is 1. The zero-order chi connectivity index (χ0) is 25.4. The van der Waals surface area contributed by atoms with Crippen LogP contribution < -0.4 is 15.1 Å². The maximum Gasteiger partial charge on any atom is 0.573 e. The van der Waals surface area contributed by atoms with E-state index in [4.69, 9.17) is 4.42 Å². The van der Waals surface area contributed by atoms with E-state index in [9.17, 15) is 18.0 Å². The van der Waals surface area contributed by atoms with Crippen molar-refractivity contribution in [1.29, 1.82) is 0 Å². The van der Waals surface area contributed by atoms with Crippen molar-refractivity contribution in [3.63, 3.8) is 0 Å². The van der Waals surface area contributed by atoms with E-state index >= 15 is 0 Å². The Morgan fingerprint density at radius 1 is 1.03 bits per heavy atom. The quantitative estimate of drug-likeness (QED) is 0.361. The van der Waals surface area contributed by atoms with Gasteiger partial charge < -0.3 is 19.0 Å². The summed E-state index contributed by atoms with van der Waals surface area (Å²) >= 11 is 0. The Labute approximate surface area is 205 Å². The van der Waals surface area contributed by atoms with E-state index < -0.39 is 6.36 Å². The molecule has 36 heavy (non-hydrogen) atoms. The second kappa shape index (κ2) is 9.31. The molecule has 2 aromatic heterocycles. The Morgan fingerprint density at radius 2 is 1.75 bits per heavy atom. The summed E-state index contributed by atoms with van der Waals surface area (Å²) in [6.45, 7) is 1.85. The summed E-state index contributed by atoms with van der Waals surface area (Å²) in [6, 6.07) is 14.9. The lowest BCUT2D eigenvalue weighted by molar-refractivity contribution is -0.274. The molecule has 4 aromatic rings. The van der Waals surface area contributed by atoms with Crippen LogP contribution in [0.4, 0.5) is 19.0 Å². The number of fused-ring (bicyclic) bond motifs is 1. The molecule has 0 N–H and O–H groups in total. The van der Waals surface area contributed by atoms with Crippen LogP contribution in [0.1, 0.15) is 6.42 Å². The van der Waals surface area contributed by atoms with Crippen LogP contribution in [0.25, 0.3) is 33.2 Å². The maximum absolute atomic E-state index is 13.2. The Hall–Kier alpha value is -3.85. The Balaban J connectivity index is 1.38. The fourth-order valence-corrected chi connectivity index (χ4v) is 4.46. The third-order valence-electron chi connectivity index (χ3n) is 6.47. The molecule has 1 atom stereocenters. The molecule has 186 valence electrons. The van der Waals surface area contributed by atoms with Crippen molar-refractivity contribution in [2.75, 3.05) is 32.1 Å². The normalized spacial score (nSPS) is 16.2. The van der Waals surface area contributed by atoms with Gasteiger partial charge in [0.15, 0.2) is 0 Å². The van der Waals surface area contributed by atoms with Crippen molar-refractivity contribution in [2.24, 2.45) is 0 Å². The highest BCUT2D eigenvalue weighted by Gasteiger charge is 2.31. The molecule has 0 saturated carbocycles. The van der Waals surface area contributed by atoms with Crippen molar-refractivity contribution in [1.82, 2.24) is 9.88 Å². The van der Waals surface area contributed by atoms with Gasteiger partial charge in [0, 0.05) is 30.9 Å². The summed E-state index contributed by atoms with van der Waals surface area (Å²) in [4.78, 5) is 22.2. The van der Waals surface area contributed by atoms with Crippen LogP contribution in [0.15, 0.2) is 76.3 Å². The molecule has 1 saturated heterocycles. The number of ether oxygens (including phenoxy) is 1. The van der Waals surface area contributed by atoms with Gasteiger partial charge in [-0.15, -0.1) is 13.2 Å². The third kappa shape index (κ3) is 4.92. The first-order valence-electron chi connectivity index (χ1n) is 11.5. The minimum atomic E-state index is -4.75. The first-order chi connectivity index (χ1) is 17.2. The molecule has 0 aliphatic carbocycles. The summed E-state index contributed by atoms with van der Waals surface area (Å²) in [7, 11) is 4.16. The van der Waals surface area contributed by atoms with Gasteiger partial charge >= 0.3 is 6.36 Å². The Morgan fingerprint density at radius 3 is 2.39 bits per heavy atom. The van der Waals surface area contributed by atoms with Crippen LogP contribution >= 0.6 is 0 Å². The van der Waals surface area contributed by atoms with Crippen molar-refractivity contribution in [3.8, 4) is 28.0 Å². The van der Waals surface area contributed by atoms with Crippen molar-refractivity contribution in [3.05, 3.63) is 77.3 Å². The molecule has 1 fully saturated rings. The van der Waals surface area contributed by atoms with Crippen molar-refractivity contribution in [2.45, 2.75) is 18.8 Å². The molecule has 0 radical (unpaired) electrons. The molecule has 0 amide bonds. The molecular formula is C27H24F3N3O3. The van der Waals surface area contributed by atoms with Gasteiger partial charge in [0.25, 0.3) is 0 Å². The Kier molecular flexibility index (Phi) is 6.17. The van der Waals surface area contributed by atoms with Crippen LogP contribution in [-0.4, -0.2) is 49.5 Å². The maximum atomic E-state index is 13.2. The Bertz CT molecular complexity index is 1430. The molecule has 1 aliphatic rings. The molecule has 1 aliphatic heterocycles. The van der Waals surface area contributed by atoms with E-state index in [1.54, 1.807) is 24.4 Å². The lowest BCUT2D eigenvalue weighted by Crippen LogP contribution is -2.31. The first-order valence-corrected chi connectivity index (χ1v) is 11.5. The molecule has 9 heteroatoms. The van der Waals surface area contributed by atoms with Crippen LogP contribution in [0.2, 0.25) is 0 Å². The zero-order valence-corrected chi connectivity index (χ0v) is 19.7. The highest BCUT2D eigenvalue weighted by Crippen LogP contribution is 2.29. The summed E-state index contributed by atoms with van der Waals surface area (Å²) < 4.78 is 46.9. The minimum Gasteiger partial charge on any atom is -0.463 e. The highest BCUT2D eigenvalue weighted by atomic mass is 19.4. The predicted molar refractivity (Wildman–Crippen MR) is 132 cm³/mol. The lowest BCUT2D eigenvalue weighted by Gasteiger charge is -2.21. The molecule has 2 aromatic carbocycles. The number of pyridine rings is 1. The molecular weight excluding hydrogens is 471 g/mol. The van der Waals surface area contributed by atoms with E-state index in [2.05, 4.69) is 33.6 Å². The third-order valence-corrected chi connectivity index (χ3v) is 6.47. The fourth-order valence-electron chi connectivity index (χ4n) is 4.46. The van der Waals surface area contributed by atoms with E-state index in [0.29, 0.717) is 39.3 Å². The van der Waals surface area contributed by atoms with Gasteiger partial charge in [-0.3, -0.25) is 4.79 Å². The molecule has 0 bridgehead atoms. The summed E-state index contributed by atoms with van der Waals surface area (Å²) in [5.74, 6) is 0.578. The second-order valence-electron chi connectivity index (χ2n) is 9.02. The lowest BCUT2D eigenvalue weighted by atomic mass is 10.0. The van der Waals surface area contributed by atoms with Gasteiger partial charge in [0.1, 0.15) is 23.4 Å². The van der Waals surface area contributed by atoms with E-state index in [-0.39, 0.29) is 11.2 Å². The largest absolute Gasteiger partial charge is 0.573 e. The number of halogens is 3. The smallest absolute Gasteiger partial charge is 0.463 e. The van der Waals surface area contributed by atoms with Crippen molar-refractivity contribution < 1.29 is 22.3 Å². The van der Waals surface area contributed by atoms with Crippen LogP contribution in [0.3, 0.4) is 0 Å². The average molecular weight is 496 g/mol. The van der Waals surface area contributed by atoms with Gasteiger partial charge in [0.2, 0.25) is 5.43 Å². The van der Waals surface area contributed by atoms with Gasteiger partial charge in [-0.05, 0) is 68.0 Å². The molecule has 0 spiro atoms. The van der Waals surface area contributed by atoms with Gasteiger partial charge in [0.05, 0.1) is 10.9 Å². The number of alkyl halides is 3. The van der Waals surface area contributed by atoms with E-state index in [1.165, 1.54) is 30.5 Å². The monoisotopic (exact) mass is 495 g/mol. The average Bonchev–Trinajstić information content (AvgIpc) is 3.35. The SMILES string of the molecule is CN(C)C1CCN(c2ccc(-c3coc4cc(-c5ccc(OC(F)(F)F)cc5)ccc4c3=O)cn2)C1. The highest BCUT2D eigenvalue weighted by molar-refractivity contribution is 5.85. The first kappa shape index (κ1) is 23.9. The number of nitrogens with zero attached hydrogens (tertiary/aromatic N) is 3. The minimum absolute atomic E-state index is 0.180. The van der Waals surface area contributed by atoms with Crippen molar-refractivity contribution >= 4 is 16.8 Å². The number of benzene rings is 2. The standard InChI is InChI=1S/C27H24F3N3O3/c1-32(2)20-11-12-33(15-20)25-10-6-19(14-31-25)23-16-35-24-13-18(5-9-22(24)26(23)34)17-3-7-21(8-4-17)36-27(28,29)30/h3-10,13-14,16,20H,11-12,15H2,1-2H3. The molecule has 5 rings (SSSR count). The number of likely N-dealkylation sites (N-methyl/N-ethyl adjacent to an activating group) is 1. The van der Waals surface area contributed by atoms with Gasteiger partial charge in [-0.1, -0.05) is 18.2 Å². The predicted octanol–water partition coefficient (Wildman–Crippen LogP) is 5.56. The topological polar surface area (TPSA) is 58.8 Å². The number of hydrogen-bond acceptors (Lipinski definition) is 6. The molecule has 6 nitrogen and oxygen atoms in total. The van der Waals surface area contributed by atoms with Crippen LogP contribution in [-0.2, 0) is 0 Å². The zero-order valence-electron chi connectivity index (χ0n) is 19.7. The van der Waals surface area contributed by atoms with Gasteiger partial charge in [-0.2, -0.15) is 0 Å². The molecule has 1 unspecified atom stereocenters. The fraction of sp³-hybridized carbons (Fsp3) is 0.259. The van der Waals surface area contributed by atoms with E-state index in [0.717, 1.165) is 25.3 Å². The van der Waals surface area contributed by atoms with E-state index in [1.807, 2.05) is 12.1 Å². The molecule has 3 heterocycles. The van der Waals surface area contributed by atoms with Crippen LogP contribution in [0, 0.1) is 0 Å². The summed E-state index contributed by atoms with van der Waals surface area (Å²) in [5.41, 5.74) is 2.65. The summed E-state index contributed by atoms with van der Waals surface area (Å²) in [5, 5.41) is 0.408. The number of hydrogen-bond donors (Lipinski definition) is 0. The number of anilines is 1. The van der Waals surface area contributed by atoms with Gasteiger partial charge in [-0.25, -0.2) is 4.98 Å².